The van der Waals surface area contributed by atoms with Gasteiger partial charge in [-0.05, 0) is 77.8 Å². The summed E-state index contributed by atoms with van der Waals surface area (Å²) in [4.78, 5) is 13.8. The lowest BCUT2D eigenvalue weighted by molar-refractivity contribution is -0.384. The lowest BCUT2D eigenvalue weighted by Gasteiger charge is -2.40. The van der Waals surface area contributed by atoms with E-state index in [1.807, 2.05) is 54.6 Å². The van der Waals surface area contributed by atoms with Gasteiger partial charge in [0.25, 0.3) is 0 Å². The molecule has 3 aliphatic heterocycles. The highest BCUT2D eigenvalue weighted by Crippen LogP contribution is 2.61. The van der Waals surface area contributed by atoms with Crippen molar-refractivity contribution in [1.82, 2.24) is 8.68 Å². The van der Waals surface area contributed by atoms with E-state index >= 15 is 0 Å². The fourth-order valence-corrected chi connectivity index (χ4v) is 9.94. The number of esters is 1. The first-order valence-electron chi connectivity index (χ1n) is 19.1. The van der Waals surface area contributed by atoms with Crippen LogP contribution in [0.15, 0.2) is 78.9 Å². The van der Waals surface area contributed by atoms with E-state index < -0.39 is 26.1 Å². The molecule has 2 unspecified atom stereocenters. The normalized spacial score (nSPS) is 20.9. The quantitative estimate of drug-likeness (QED) is 0.121. The standard InChI is InChI=1S/C45H51N2O7P/c1-12-50-41(48)34-20-18-32-38(27-16-14-13-15-17-27)33-19-21-35(42-51-26(2)52-42)47(33)55(46(32)34)54-37-25-29(44(6,7)8)23-31-40(37)53-39-30(45(31,9)10)22-28(43(3,4)5)24-36(39)49-11/h13-26,38,42H,12H2,1-11H3. The molecule has 1 fully saturated rings. The second-order valence-corrected chi connectivity index (χ2v) is 18.7. The first-order chi connectivity index (χ1) is 26.0. The number of hydrogen-bond acceptors (Lipinski definition) is 7. The van der Waals surface area contributed by atoms with Gasteiger partial charge in [0.2, 0.25) is 6.29 Å². The van der Waals surface area contributed by atoms with Gasteiger partial charge in [0.05, 0.1) is 25.3 Å². The Balaban J connectivity index is 1.37. The predicted octanol–water partition coefficient (Wildman–Crippen LogP) is 11.1. The number of carbonyl (C=O) groups excluding carboxylic acids is 1. The van der Waals surface area contributed by atoms with Crippen molar-refractivity contribution in [3.63, 3.8) is 0 Å². The van der Waals surface area contributed by atoms with E-state index in [1.165, 1.54) is 5.56 Å². The third-order valence-corrected chi connectivity index (χ3v) is 13.0. The van der Waals surface area contributed by atoms with E-state index in [1.54, 1.807) is 7.11 Å². The lowest BCUT2D eigenvalue weighted by atomic mass is 9.72. The molecule has 55 heavy (non-hydrogen) atoms. The Morgan fingerprint density at radius 1 is 0.782 bits per heavy atom. The Kier molecular flexibility index (Phi) is 9.03. The fraction of sp³-hybridized carbons (Fsp3) is 0.400. The molecule has 0 N–H and O–H groups in total. The van der Waals surface area contributed by atoms with Crippen LogP contribution in [0.3, 0.4) is 0 Å². The maximum Gasteiger partial charge on any atom is 0.355 e. The van der Waals surface area contributed by atoms with Gasteiger partial charge in [-0.15, -0.1) is 0 Å². The van der Waals surface area contributed by atoms with Crippen LogP contribution < -0.4 is 14.0 Å². The summed E-state index contributed by atoms with van der Waals surface area (Å²) in [6.07, 6.45) is -0.941. The number of carbonyl (C=O) groups is 1. The number of methoxy groups -OCH3 is 1. The number of rotatable bonds is 7. The topological polar surface area (TPSA) is 82.3 Å². The van der Waals surface area contributed by atoms with Gasteiger partial charge in [-0.3, -0.25) is 8.68 Å². The molecule has 5 aromatic rings. The molecule has 10 heteroatoms. The van der Waals surface area contributed by atoms with Gasteiger partial charge >= 0.3 is 14.4 Å². The van der Waals surface area contributed by atoms with E-state index in [0.29, 0.717) is 28.7 Å². The van der Waals surface area contributed by atoms with Crippen molar-refractivity contribution >= 4 is 14.4 Å². The summed E-state index contributed by atoms with van der Waals surface area (Å²) < 4.78 is 42.6. The van der Waals surface area contributed by atoms with E-state index in [4.69, 9.17) is 28.2 Å². The van der Waals surface area contributed by atoms with Gasteiger partial charge < -0.3 is 28.2 Å². The van der Waals surface area contributed by atoms with Gasteiger partial charge in [0.15, 0.2) is 29.3 Å². The minimum atomic E-state index is -1.86. The second kappa shape index (κ2) is 13.3. The summed E-state index contributed by atoms with van der Waals surface area (Å²) in [5.74, 6) is 1.89. The Labute approximate surface area is 325 Å². The molecule has 8 rings (SSSR count). The third kappa shape index (κ3) is 6.16. The largest absolute Gasteiger partial charge is 0.493 e. The molecule has 9 nitrogen and oxygen atoms in total. The van der Waals surface area contributed by atoms with Crippen molar-refractivity contribution in [2.24, 2.45) is 0 Å². The van der Waals surface area contributed by atoms with Crippen molar-refractivity contribution in [2.45, 2.75) is 104 Å². The second-order valence-electron chi connectivity index (χ2n) is 17.2. The molecule has 0 amide bonds. The zero-order valence-electron chi connectivity index (χ0n) is 33.6. The Morgan fingerprint density at radius 3 is 1.93 bits per heavy atom. The first kappa shape index (κ1) is 37.4. The highest BCUT2D eigenvalue weighted by molar-refractivity contribution is 7.50. The molecule has 0 bridgehead atoms. The number of aromatic nitrogens is 2. The number of hydrogen-bond donors (Lipinski definition) is 0. The Morgan fingerprint density at radius 2 is 1.35 bits per heavy atom. The van der Waals surface area contributed by atoms with Crippen LogP contribution in [0.2, 0.25) is 0 Å². The van der Waals surface area contributed by atoms with Crippen LogP contribution in [0.25, 0.3) is 0 Å². The van der Waals surface area contributed by atoms with E-state index in [2.05, 4.69) is 102 Å². The van der Waals surface area contributed by atoms with Gasteiger partial charge in [0.1, 0.15) is 5.69 Å². The summed E-state index contributed by atoms with van der Waals surface area (Å²) in [5, 5.41) is 0. The Bertz CT molecular complexity index is 2290. The fourth-order valence-electron chi connectivity index (χ4n) is 7.84. The van der Waals surface area contributed by atoms with Crippen molar-refractivity contribution in [2.75, 3.05) is 13.7 Å². The van der Waals surface area contributed by atoms with E-state index in [-0.39, 0.29) is 29.6 Å². The predicted molar refractivity (Wildman–Crippen MR) is 214 cm³/mol. The van der Waals surface area contributed by atoms with Gasteiger partial charge in [-0.1, -0.05) is 97.9 Å². The molecule has 0 radical (unpaired) electrons. The SMILES string of the molecule is CCOC(=O)c1ccc2n1P(Oc1cc(C(C)(C)C)cc3c1Oc1c(OC)cc(C(C)(C)C)cc1C3(C)C)n1c(C3OC(C)O3)ccc1C2c1ccccc1. The highest BCUT2D eigenvalue weighted by atomic mass is 31.2. The van der Waals surface area contributed by atoms with Crippen LogP contribution >= 0.6 is 8.45 Å². The van der Waals surface area contributed by atoms with E-state index in [9.17, 15) is 4.79 Å². The molecule has 3 aromatic carbocycles. The molecule has 2 atom stereocenters. The molecule has 288 valence electrons. The van der Waals surface area contributed by atoms with Crippen molar-refractivity contribution in [1.29, 1.82) is 0 Å². The average Bonchev–Trinajstić information content (AvgIpc) is 3.75. The number of fused-ring (bicyclic) bond motifs is 4. The molecule has 0 spiro atoms. The monoisotopic (exact) mass is 762 g/mol. The van der Waals surface area contributed by atoms with Crippen LogP contribution in [-0.2, 0) is 30.5 Å². The minimum Gasteiger partial charge on any atom is -0.493 e. The maximum absolute atomic E-state index is 13.8. The molecule has 5 heterocycles. The number of ether oxygens (including phenoxy) is 5. The molecular weight excluding hydrogens is 711 g/mol. The van der Waals surface area contributed by atoms with E-state index in [0.717, 1.165) is 39.3 Å². The first-order valence-corrected chi connectivity index (χ1v) is 20.2. The zero-order chi connectivity index (χ0) is 39.2. The van der Waals surface area contributed by atoms with Gasteiger partial charge in [-0.25, -0.2) is 4.79 Å². The smallest absolute Gasteiger partial charge is 0.355 e. The van der Waals surface area contributed by atoms with Crippen molar-refractivity contribution < 1.29 is 33.0 Å². The van der Waals surface area contributed by atoms with Crippen molar-refractivity contribution in [3.05, 3.63) is 129 Å². The molecule has 0 aliphatic carbocycles. The summed E-state index contributed by atoms with van der Waals surface area (Å²) in [6, 6.07) is 27.0. The van der Waals surface area contributed by atoms with Crippen molar-refractivity contribution in [3.8, 4) is 23.0 Å². The maximum atomic E-state index is 13.8. The lowest BCUT2D eigenvalue weighted by Crippen LogP contribution is -2.34. The minimum absolute atomic E-state index is 0.107. The summed E-state index contributed by atoms with van der Waals surface area (Å²) in [6.45, 7) is 21.7. The molecule has 1 saturated heterocycles. The molecule has 3 aliphatic rings. The van der Waals surface area contributed by atoms with Crippen LogP contribution in [0.4, 0.5) is 0 Å². The third-order valence-electron chi connectivity index (χ3n) is 11.0. The summed E-state index contributed by atoms with van der Waals surface area (Å²) in [5.41, 5.74) is 7.72. The number of benzene rings is 3. The van der Waals surface area contributed by atoms with Gasteiger partial charge in [0, 0.05) is 27.9 Å². The molecule has 0 saturated carbocycles. The molecule has 2 aromatic heterocycles. The molecular formula is C45H51N2O7P. The Hall–Kier alpha value is -4.56. The summed E-state index contributed by atoms with van der Waals surface area (Å²) in [7, 11) is -0.170. The van der Waals surface area contributed by atoms with Crippen LogP contribution in [-0.4, -0.2) is 34.7 Å². The van der Waals surface area contributed by atoms with Gasteiger partial charge in [-0.2, -0.15) is 0 Å². The van der Waals surface area contributed by atoms with Crippen LogP contribution in [0, 0.1) is 0 Å². The van der Waals surface area contributed by atoms with Crippen LogP contribution in [0.1, 0.15) is 137 Å². The summed E-state index contributed by atoms with van der Waals surface area (Å²) >= 11 is 0. The average molecular weight is 763 g/mol. The highest BCUT2D eigenvalue weighted by Gasteiger charge is 2.45. The van der Waals surface area contributed by atoms with Crippen LogP contribution in [0.5, 0.6) is 23.0 Å². The number of nitrogens with zero attached hydrogens (tertiary/aromatic N) is 2. The zero-order valence-corrected chi connectivity index (χ0v) is 34.5.